The summed E-state index contributed by atoms with van der Waals surface area (Å²) in [6, 6.07) is 8.34. The average Bonchev–Trinajstić information content (AvgIpc) is 2.41. The number of ketones is 1. The summed E-state index contributed by atoms with van der Waals surface area (Å²) < 4.78 is 0. The van der Waals surface area contributed by atoms with Gasteiger partial charge in [-0.15, -0.1) is 0 Å². The molecule has 0 aliphatic carbocycles. The van der Waals surface area contributed by atoms with Gasteiger partial charge in [-0.1, -0.05) is 24.3 Å². The van der Waals surface area contributed by atoms with Crippen LogP contribution in [0, 0.1) is 0 Å². The van der Waals surface area contributed by atoms with Gasteiger partial charge in [-0.3, -0.25) is 4.79 Å². The number of hydrogen-bond donors (Lipinski definition) is 0. The van der Waals surface area contributed by atoms with E-state index < -0.39 is 0 Å². The fourth-order valence-corrected chi connectivity index (χ4v) is 3.32. The summed E-state index contributed by atoms with van der Waals surface area (Å²) in [5, 5.41) is 0. The Balaban J connectivity index is 1.90. The van der Waals surface area contributed by atoms with Crippen molar-refractivity contribution in [2.45, 2.75) is 31.6 Å². The monoisotopic (exact) mass is 229 g/mol. The van der Waals surface area contributed by atoms with E-state index >= 15 is 0 Å². The summed E-state index contributed by atoms with van der Waals surface area (Å²) in [6.45, 7) is 5.36. The van der Waals surface area contributed by atoms with Crippen LogP contribution in [0.5, 0.6) is 0 Å². The first kappa shape index (κ1) is 11.0. The van der Waals surface area contributed by atoms with Gasteiger partial charge in [-0.05, 0) is 56.8 Å². The number of Topliss-reactive ketones (excluding diaryl/α,β-unsaturated/α-hetero) is 1. The van der Waals surface area contributed by atoms with E-state index in [1.165, 1.54) is 44.5 Å². The van der Waals surface area contributed by atoms with Crippen LogP contribution in [0.3, 0.4) is 0 Å². The number of carbonyl (C=O) groups excluding carboxylic acids is 1. The lowest BCUT2D eigenvalue weighted by molar-refractivity contribution is 0.0817. The van der Waals surface area contributed by atoms with Crippen LogP contribution in [0.4, 0.5) is 0 Å². The molecule has 0 aromatic heterocycles. The highest BCUT2D eigenvalue weighted by atomic mass is 16.1. The second-order valence-electron chi connectivity index (χ2n) is 5.51. The smallest absolute Gasteiger partial charge is 0.159 e. The normalized spacial score (nSPS) is 31.5. The van der Waals surface area contributed by atoms with Crippen molar-refractivity contribution in [3.63, 3.8) is 0 Å². The van der Waals surface area contributed by atoms with Crippen LogP contribution >= 0.6 is 0 Å². The van der Waals surface area contributed by atoms with Crippen molar-refractivity contribution in [1.82, 2.24) is 4.90 Å². The Morgan fingerprint density at radius 3 is 2.06 bits per heavy atom. The fourth-order valence-electron chi connectivity index (χ4n) is 3.32. The average molecular weight is 229 g/mol. The van der Waals surface area contributed by atoms with Crippen molar-refractivity contribution in [2.75, 3.05) is 19.6 Å². The van der Waals surface area contributed by atoms with Gasteiger partial charge >= 0.3 is 0 Å². The Hall–Kier alpha value is -1.15. The molecule has 3 saturated heterocycles. The molecule has 3 fully saturated rings. The number of nitrogens with zero attached hydrogens (tertiary/aromatic N) is 1. The first-order valence-electron chi connectivity index (χ1n) is 6.53. The quantitative estimate of drug-likeness (QED) is 0.727. The molecule has 3 aliphatic rings. The molecule has 0 N–H and O–H groups in total. The third-order valence-electron chi connectivity index (χ3n) is 4.62. The lowest BCUT2D eigenvalue weighted by Gasteiger charge is -2.48. The van der Waals surface area contributed by atoms with E-state index in [-0.39, 0.29) is 5.78 Å². The highest BCUT2D eigenvalue weighted by molar-refractivity contribution is 5.94. The first-order valence-corrected chi connectivity index (χ1v) is 6.53. The van der Waals surface area contributed by atoms with Crippen LogP contribution in [0.1, 0.15) is 42.1 Å². The molecule has 2 bridgehead atoms. The van der Waals surface area contributed by atoms with E-state index in [9.17, 15) is 4.79 Å². The molecule has 0 unspecified atom stereocenters. The molecular formula is C15H19NO. The lowest BCUT2D eigenvalue weighted by Crippen LogP contribution is -2.50. The first-order chi connectivity index (χ1) is 8.20. The molecule has 3 heterocycles. The number of piperidine rings is 3. The van der Waals surface area contributed by atoms with Crippen LogP contribution < -0.4 is 0 Å². The van der Waals surface area contributed by atoms with Gasteiger partial charge in [-0.25, -0.2) is 0 Å². The maximum atomic E-state index is 11.3. The van der Waals surface area contributed by atoms with Crippen molar-refractivity contribution in [3.05, 3.63) is 35.4 Å². The van der Waals surface area contributed by atoms with E-state index in [1.807, 2.05) is 12.1 Å². The van der Waals surface area contributed by atoms with Crippen LogP contribution in [-0.2, 0) is 5.41 Å². The van der Waals surface area contributed by atoms with Gasteiger partial charge in [0.2, 0.25) is 0 Å². The van der Waals surface area contributed by atoms with Crippen molar-refractivity contribution in [1.29, 1.82) is 0 Å². The van der Waals surface area contributed by atoms with Gasteiger partial charge in [0.25, 0.3) is 0 Å². The third-order valence-corrected chi connectivity index (χ3v) is 4.62. The maximum Gasteiger partial charge on any atom is 0.159 e. The van der Waals surface area contributed by atoms with Gasteiger partial charge in [-0.2, -0.15) is 0 Å². The molecule has 3 aliphatic heterocycles. The maximum absolute atomic E-state index is 11.3. The highest BCUT2D eigenvalue weighted by Crippen LogP contribution is 2.42. The van der Waals surface area contributed by atoms with Gasteiger partial charge in [0.15, 0.2) is 5.78 Å². The zero-order chi connectivity index (χ0) is 11.9. The predicted molar refractivity (Wildman–Crippen MR) is 68.4 cm³/mol. The molecule has 1 aromatic carbocycles. The zero-order valence-electron chi connectivity index (χ0n) is 10.4. The van der Waals surface area contributed by atoms with Gasteiger partial charge in [0, 0.05) is 5.56 Å². The second kappa shape index (κ2) is 3.95. The Morgan fingerprint density at radius 1 is 1.06 bits per heavy atom. The molecule has 2 nitrogen and oxygen atoms in total. The topological polar surface area (TPSA) is 20.3 Å². The van der Waals surface area contributed by atoms with E-state index in [4.69, 9.17) is 0 Å². The summed E-state index contributed by atoms with van der Waals surface area (Å²) in [5.74, 6) is 0.160. The minimum absolute atomic E-state index is 0.160. The molecule has 0 spiro atoms. The molecule has 0 radical (unpaired) electrons. The van der Waals surface area contributed by atoms with Crippen molar-refractivity contribution >= 4 is 5.78 Å². The molecule has 90 valence electrons. The summed E-state index contributed by atoms with van der Waals surface area (Å²) in [4.78, 5) is 13.8. The van der Waals surface area contributed by atoms with Crippen molar-refractivity contribution in [2.24, 2.45) is 0 Å². The summed E-state index contributed by atoms with van der Waals surface area (Å²) in [6.07, 6.45) is 3.85. The SMILES string of the molecule is CC(=O)c1ccc(C23CCN(CC2)CC3)cc1. The zero-order valence-corrected chi connectivity index (χ0v) is 10.4. The lowest BCUT2D eigenvalue weighted by atomic mass is 9.67. The summed E-state index contributed by atoms with van der Waals surface area (Å²) >= 11 is 0. The van der Waals surface area contributed by atoms with Crippen LogP contribution in [0.2, 0.25) is 0 Å². The summed E-state index contributed by atoms with van der Waals surface area (Å²) in [7, 11) is 0. The minimum Gasteiger partial charge on any atom is -0.303 e. The van der Waals surface area contributed by atoms with Crippen molar-refractivity contribution < 1.29 is 4.79 Å². The van der Waals surface area contributed by atoms with Gasteiger partial charge in [0.1, 0.15) is 0 Å². The Labute approximate surface area is 103 Å². The molecule has 4 rings (SSSR count). The van der Waals surface area contributed by atoms with E-state index in [0.717, 1.165) is 5.56 Å². The molecule has 1 aromatic rings. The largest absolute Gasteiger partial charge is 0.303 e. The third kappa shape index (κ3) is 1.81. The van der Waals surface area contributed by atoms with Crippen LogP contribution in [-0.4, -0.2) is 30.3 Å². The number of rotatable bonds is 2. The Bertz CT molecular complexity index is 413. The van der Waals surface area contributed by atoms with Crippen LogP contribution in [0.15, 0.2) is 24.3 Å². The molecular weight excluding hydrogens is 210 g/mol. The molecule has 0 amide bonds. The Kier molecular flexibility index (Phi) is 2.55. The van der Waals surface area contributed by atoms with Gasteiger partial charge < -0.3 is 4.90 Å². The van der Waals surface area contributed by atoms with Gasteiger partial charge in [0.05, 0.1) is 0 Å². The number of carbonyl (C=O) groups is 1. The van der Waals surface area contributed by atoms with Crippen LogP contribution in [0.25, 0.3) is 0 Å². The summed E-state index contributed by atoms with van der Waals surface area (Å²) in [5.41, 5.74) is 2.68. The number of benzene rings is 1. The minimum atomic E-state index is 0.160. The van der Waals surface area contributed by atoms with E-state index in [0.29, 0.717) is 5.41 Å². The predicted octanol–water partition coefficient (Wildman–Crippen LogP) is 2.63. The Morgan fingerprint density at radius 2 is 1.59 bits per heavy atom. The number of hydrogen-bond acceptors (Lipinski definition) is 2. The highest BCUT2D eigenvalue weighted by Gasteiger charge is 2.40. The molecule has 0 saturated carbocycles. The molecule has 2 heteroatoms. The van der Waals surface area contributed by atoms with E-state index in [2.05, 4.69) is 17.0 Å². The molecule has 17 heavy (non-hydrogen) atoms. The number of fused-ring (bicyclic) bond motifs is 3. The second-order valence-corrected chi connectivity index (χ2v) is 5.51. The molecule has 0 atom stereocenters. The van der Waals surface area contributed by atoms with E-state index in [1.54, 1.807) is 6.92 Å². The van der Waals surface area contributed by atoms with Crippen molar-refractivity contribution in [3.8, 4) is 0 Å². The standard InChI is InChI=1S/C15H19NO/c1-12(17)13-2-4-14(5-3-13)15-6-9-16(10-7-15)11-8-15/h2-5H,6-11H2,1H3. The fraction of sp³-hybridized carbons (Fsp3) is 0.533.